The fourth-order valence-electron chi connectivity index (χ4n) is 3.17. The number of aliphatic imine (C=N–C) groups is 1. The lowest BCUT2D eigenvalue weighted by atomic mass is 10.0. The van der Waals surface area contributed by atoms with E-state index in [4.69, 9.17) is 5.73 Å². The summed E-state index contributed by atoms with van der Waals surface area (Å²) in [4.78, 5) is 4.64. The highest BCUT2D eigenvalue weighted by Gasteiger charge is 2.28. The van der Waals surface area contributed by atoms with Gasteiger partial charge in [0.1, 0.15) is 0 Å². The van der Waals surface area contributed by atoms with E-state index in [9.17, 15) is 8.42 Å². The maximum absolute atomic E-state index is 12.8. The Balaban J connectivity index is 1.64. The van der Waals surface area contributed by atoms with E-state index in [1.807, 2.05) is 30.3 Å². The van der Waals surface area contributed by atoms with Gasteiger partial charge in [-0.1, -0.05) is 37.3 Å². The van der Waals surface area contributed by atoms with Crippen LogP contribution in [0.25, 0.3) is 0 Å². The number of nitrogens with one attached hydrogen (secondary N) is 1. The first-order valence-corrected chi connectivity index (χ1v) is 10.6. The highest BCUT2D eigenvalue weighted by Crippen LogP contribution is 2.23. The van der Waals surface area contributed by atoms with Crippen LogP contribution in [0.5, 0.6) is 0 Å². The van der Waals surface area contributed by atoms with E-state index in [-0.39, 0.29) is 0 Å². The molecule has 27 heavy (non-hydrogen) atoms. The summed E-state index contributed by atoms with van der Waals surface area (Å²) in [6.45, 7) is 3.67. The molecule has 1 saturated heterocycles. The minimum Gasteiger partial charge on any atom is -0.370 e. The molecule has 1 fully saturated rings. The third-order valence-electron chi connectivity index (χ3n) is 4.66. The van der Waals surface area contributed by atoms with Crippen molar-refractivity contribution >= 4 is 21.7 Å². The topological polar surface area (TPSA) is 87.8 Å². The van der Waals surface area contributed by atoms with Crippen LogP contribution in [0.2, 0.25) is 0 Å². The third kappa shape index (κ3) is 5.08. The van der Waals surface area contributed by atoms with Gasteiger partial charge in [0.25, 0.3) is 0 Å². The van der Waals surface area contributed by atoms with Crippen LogP contribution in [0.15, 0.2) is 64.5 Å². The van der Waals surface area contributed by atoms with Gasteiger partial charge < -0.3 is 11.1 Å². The fraction of sp³-hybridized carbons (Fsp3) is 0.350. The summed E-state index contributed by atoms with van der Waals surface area (Å²) in [5, 5.41) is 3.02. The molecule has 0 aliphatic carbocycles. The summed E-state index contributed by atoms with van der Waals surface area (Å²) in [6, 6.07) is 16.5. The van der Waals surface area contributed by atoms with Crippen LogP contribution in [0.3, 0.4) is 0 Å². The Morgan fingerprint density at radius 1 is 1.19 bits per heavy atom. The number of rotatable bonds is 5. The molecule has 3 N–H and O–H groups in total. The van der Waals surface area contributed by atoms with E-state index in [1.54, 1.807) is 28.6 Å². The Bertz CT molecular complexity index is 880. The molecule has 3 rings (SSSR count). The summed E-state index contributed by atoms with van der Waals surface area (Å²) in [6.07, 6.45) is 2.00. The van der Waals surface area contributed by atoms with Crippen LogP contribution in [-0.2, 0) is 16.6 Å². The highest BCUT2D eigenvalue weighted by atomic mass is 32.2. The molecule has 0 radical (unpaired) electrons. The van der Waals surface area contributed by atoms with Crippen LogP contribution in [-0.4, -0.2) is 31.8 Å². The molecule has 2 aromatic carbocycles. The van der Waals surface area contributed by atoms with Gasteiger partial charge in [0.2, 0.25) is 10.0 Å². The predicted molar refractivity (Wildman–Crippen MR) is 109 cm³/mol. The number of hydrogen-bond donors (Lipinski definition) is 2. The molecule has 2 aromatic rings. The molecule has 7 heteroatoms. The van der Waals surface area contributed by atoms with Crippen molar-refractivity contribution in [2.24, 2.45) is 16.6 Å². The van der Waals surface area contributed by atoms with E-state index in [0.717, 1.165) is 24.1 Å². The summed E-state index contributed by atoms with van der Waals surface area (Å²) in [5.74, 6) is 0.724. The fourth-order valence-corrected chi connectivity index (χ4v) is 4.76. The van der Waals surface area contributed by atoms with Gasteiger partial charge in [0.05, 0.1) is 11.4 Å². The molecule has 1 unspecified atom stereocenters. The van der Waals surface area contributed by atoms with Gasteiger partial charge in [-0.3, -0.25) is 0 Å². The molecule has 144 valence electrons. The Labute approximate surface area is 161 Å². The molecule has 0 spiro atoms. The number of anilines is 1. The second-order valence-corrected chi connectivity index (χ2v) is 8.88. The van der Waals surface area contributed by atoms with E-state index >= 15 is 0 Å². The van der Waals surface area contributed by atoms with Crippen molar-refractivity contribution in [1.82, 2.24) is 4.31 Å². The second kappa shape index (κ2) is 8.54. The van der Waals surface area contributed by atoms with Crippen molar-refractivity contribution < 1.29 is 8.42 Å². The molecule has 0 aromatic heterocycles. The van der Waals surface area contributed by atoms with Gasteiger partial charge in [-0.15, -0.1) is 0 Å². The number of nitrogens with zero attached hydrogens (tertiary/aromatic N) is 2. The van der Waals surface area contributed by atoms with Gasteiger partial charge >= 0.3 is 0 Å². The highest BCUT2D eigenvalue weighted by molar-refractivity contribution is 7.89. The predicted octanol–water partition coefficient (Wildman–Crippen LogP) is 3.03. The van der Waals surface area contributed by atoms with Crippen molar-refractivity contribution in [3.05, 3.63) is 60.2 Å². The van der Waals surface area contributed by atoms with Crippen LogP contribution >= 0.6 is 0 Å². The Kier molecular flexibility index (Phi) is 6.13. The lowest BCUT2D eigenvalue weighted by Gasteiger charge is -2.30. The maximum atomic E-state index is 12.8. The third-order valence-corrected chi connectivity index (χ3v) is 6.54. The summed E-state index contributed by atoms with van der Waals surface area (Å²) >= 11 is 0. The zero-order valence-electron chi connectivity index (χ0n) is 15.5. The number of sulfonamides is 1. The zero-order valence-corrected chi connectivity index (χ0v) is 16.3. The first-order chi connectivity index (χ1) is 12.9. The summed E-state index contributed by atoms with van der Waals surface area (Å²) < 4.78 is 27.2. The van der Waals surface area contributed by atoms with Gasteiger partial charge in [-0.05, 0) is 48.6 Å². The van der Waals surface area contributed by atoms with Crippen molar-refractivity contribution in [1.29, 1.82) is 0 Å². The normalized spacial score (nSPS) is 19.0. The average molecular weight is 387 g/mol. The number of para-hydroxylation sites is 1. The Hall–Kier alpha value is -2.38. The first-order valence-electron chi connectivity index (χ1n) is 9.16. The molecule has 6 nitrogen and oxygen atoms in total. The van der Waals surface area contributed by atoms with Gasteiger partial charge in [-0.2, -0.15) is 4.31 Å². The second-order valence-electron chi connectivity index (χ2n) is 6.95. The monoisotopic (exact) mass is 386 g/mol. The molecule has 0 saturated carbocycles. The van der Waals surface area contributed by atoms with Crippen molar-refractivity contribution in [2.75, 3.05) is 18.4 Å². The summed E-state index contributed by atoms with van der Waals surface area (Å²) in [7, 11) is -3.42. The quantitative estimate of drug-likeness (QED) is 0.611. The van der Waals surface area contributed by atoms with Crippen molar-refractivity contribution in [3.63, 3.8) is 0 Å². The van der Waals surface area contributed by atoms with Crippen molar-refractivity contribution in [2.45, 2.75) is 31.2 Å². The smallest absolute Gasteiger partial charge is 0.243 e. The molecule has 0 amide bonds. The van der Waals surface area contributed by atoms with E-state index < -0.39 is 10.0 Å². The van der Waals surface area contributed by atoms with Crippen LogP contribution in [0, 0.1) is 5.92 Å². The molecule has 1 aliphatic heterocycles. The zero-order chi connectivity index (χ0) is 19.3. The molecule has 0 bridgehead atoms. The van der Waals surface area contributed by atoms with Gasteiger partial charge in [0, 0.05) is 18.8 Å². The molecule has 1 atom stereocenters. The van der Waals surface area contributed by atoms with Crippen molar-refractivity contribution in [3.8, 4) is 0 Å². The average Bonchev–Trinajstić information content (AvgIpc) is 2.67. The lowest BCUT2D eigenvalue weighted by molar-refractivity contribution is 0.281. The number of nitrogens with two attached hydrogens (primary N) is 1. The minimum atomic E-state index is -3.42. The van der Waals surface area contributed by atoms with Crippen LogP contribution < -0.4 is 11.1 Å². The van der Waals surface area contributed by atoms with Crippen LogP contribution in [0.1, 0.15) is 25.3 Å². The van der Waals surface area contributed by atoms with Crippen LogP contribution in [0.4, 0.5) is 5.69 Å². The van der Waals surface area contributed by atoms with E-state index in [1.165, 1.54) is 0 Å². The summed E-state index contributed by atoms with van der Waals surface area (Å²) in [5.41, 5.74) is 7.67. The Morgan fingerprint density at radius 2 is 1.89 bits per heavy atom. The molecular formula is C20H26N4O2S. The SMILES string of the molecule is CC1CCCN(S(=O)(=O)c2ccc(CN=C(N)Nc3ccccc3)cc2)C1. The molecule has 1 heterocycles. The first kappa shape index (κ1) is 19.4. The van der Waals surface area contributed by atoms with Gasteiger partial charge in [-0.25, -0.2) is 13.4 Å². The van der Waals surface area contributed by atoms with E-state index in [0.29, 0.717) is 36.4 Å². The Morgan fingerprint density at radius 3 is 2.56 bits per heavy atom. The molecule has 1 aliphatic rings. The standard InChI is InChI=1S/C20H26N4O2S/c1-16-6-5-13-24(15-16)27(25,26)19-11-9-17(10-12-19)14-22-20(21)23-18-7-3-2-4-8-18/h2-4,7-12,16H,5-6,13-15H2,1H3,(H3,21,22,23). The maximum Gasteiger partial charge on any atom is 0.243 e. The lowest BCUT2D eigenvalue weighted by Crippen LogP contribution is -2.39. The van der Waals surface area contributed by atoms with Gasteiger partial charge in [0.15, 0.2) is 5.96 Å². The number of benzene rings is 2. The molecular weight excluding hydrogens is 360 g/mol. The van der Waals surface area contributed by atoms with E-state index in [2.05, 4.69) is 17.2 Å². The number of guanidine groups is 1. The number of piperidine rings is 1. The number of hydrogen-bond acceptors (Lipinski definition) is 3. The minimum absolute atomic E-state index is 0.320. The largest absolute Gasteiger partial charge is 0.370 e.